The Hall–Kier alpha value is -2.36. The van der Waals surface area contributed by atoms with Crippen molar-refractivity contribution in [2.45, 2.75) is 6.92 Å². The number of anilines is 2. The Morgan fingerprint density at radius 1 is 1.36 bits per heavy atom. The Morgan fingerprint density at radius 2 is 2.14 bits per heavy atom. The van der Waals surface area contributed by atoms with Gasteiger partial charge in [-0.05, 0) is 42.7 Å². The second kappa shape index (κ2) is 5.44. The first-order chi connectivity index (χ1) is 10.5. The highest BCUT2D eigenvalue weighted by Gasteiger charge is 2.16. The van der Waals surface area contributed by atoms with Crippen molar-refractivity contribution < 1.29 is 0 Å². The number of fused-ring (bicyclic) bond motifs is 1. The third-order valence-electron chi connectivity index (χ3n) is 3.27. The highest BCUT2D eigenvalue weighted by atomic mass is 35.5. The van der Waals surface area contributed by atoms with E-state index in [1.807, 2.05) is 31.2 Å². The van der Waals surface area contributed by atoms with Crippen LogP contribution in [-0.2, 0) is 7.05 Å². The zero-order chi connectivity index (χ0) is 15.9. The molecule has 22 heavy (non-hydrogen) atoms. The van der Waals surface area contributed by atoms with Crippen molar-refractivity contribution in [3.8, 4) is 6.07 Å². The second-order valence-corrected chi connectivity index (χ2v) is 6.32. The maximum atomic E-state index is 11.9. The third-order valence-corrected chi connectivity index (χ3v) is 4.51. The lowest BCUT2D eigenvalue weighted by molar-refractivity contribution is 0.976. The van der Waals surface area contributed by atoms with Gasteiger partial charge in [0.1, 0.15) is 11.1 Å². The van der Waals surface area contributed by atoms with Crippen molar-refractivity contribution >= 4 is 44.7 Å². The first kappa shape index (κ1) is 14.6. The molecule has 7 heteroatoms. The normalized spacial score (nSPS) is 10.6. The van der Waals surface area contributed by atoms with Crippen molar-refractivity contribution in [1.82, 2.24) is 8.94 Å². The van der Waals surface area contributed by atoms with Gasteiger partial charge in [-0.15, -0.1) is 0 Å². The number of nitrogens with zero attached hydrogens (tertiary/aromatic N) is 3. The molecule has 0 radical (unpaired) electrons. The van der Waals surface area contributed by atoms with Crippen LogP contribution in [0.1, 0.15) is 11.3 Å². The zero-order valence-electron chi connectivity index (χ0n) is 11.8. The van der Waals surface area contributed by atoms with Gasteiger partial charge in [0.25, 0.3) is 5.56 Å². The molecule has 110 valence electrons. The molecule has 0 aliphatic rings. The molecule has 1 N–H and O–H groups in total. The predicted octanol–water partition coefficient (Wildman–Crippen LogP) is 3.57. The molecular formula is C15H11ClN4OS. The fourth-order valence-corrected chi connectivity index (χ4v) is 3.21. The van der Waals surface area contributed by atoms with E-state index in [0.717, 1.165) is 16.6 Å². The summed E-state index contributed by atoms with van der Waals surface area (Å²) in [7, 11) is 1.62. The number of hydrogen-bond donors (Lipinski definition) is 1. The smallest absolute Gasteiger partial charge is 0.280 e. The second-order valence-electron chi connectivity index (χ2n) is 4.78. The Balaban J connectivity index is 2.20. The van der Waals surface area contributed by atoms with Gasteiger partial charge in [0, 0.05) is 18.1 Å². The summed E-state index contributed by atoms with van der Waals surface area (Å²) < 4.78 is 1.41. The molecule has 0 amide bonds. The molecule has 0 aliphatic heterocycles. The number of hydrogen-bond acceptors (Lipinski definition) is 5. The van der Waals surface area contributed by atoms with Crippen LogP contribution in [-0.4, -0.2) is 8.94 Å². The highest BCUT2D eigenvalue weighted by Crippen LogP contribution is 2.34. The third kappa shape index (κ3) is 2.34. The maximum Gasteiger partial charge on any atom is 0.280 e. The summed E-state index contributed by atoms with van der Waals surface area (Å²) in [6.45, 7) is 1.91. The lowest BCUT2D eigenvalue weighted by atomic mass is 10.1. The number of aryl methyl sites for hydroxylation is 2. The van der Waals surface area contributed by atoms with Crippen LogP contribution in [0.2, 0.25) is 5.02 Å². The van der Waals surface area contributed by atoms with E-state index in [9.17, 15) is 4.79 Å². The summed E-state index contributed by atoms with van der Waals surface area (Å²) in [5, 5.41) is 14.1. The van der Waals surface area contributed by atoms with Crippen LogP contribution in [0.25, 0.3) is 10.9 Å². The van der Waals surface area contributed by atoms with E-state index < -0.39 is 0 Å². The maximum absolute atomic E-state index is 11.9. The largest absolute Gasteiger partial charge is 0.343 e. The molecule has 2 heterocycles. The first-order valence-electron chi connectivity index (χ1n) is 6.44. The lowest BCUT2D eigenvalue weighted by Gasteiger charge is -2.10. The standard InChI is InChI=1S/C15H11ClN4OS/c1-8-3-4-9-12(18-8)6-5-11(16)13(9)19-14-10(7-17)15(21)20(2)22-14/h3-6,19H,1-2H3. The van der Waals surface area contributed by atoms with E-state index in [4.69, 9.17) is 16.9 Å². The van der Waals surface area contributed by atoms with Crippen LogP contribution in [0.15, 0.2) is 29.1 Å². The fraction of sp³-hybridized carbons (Fsp3) is 0.133. The van der Waals surface area contributed by atoms with Gasteiger partial charge in [-0.1, -0.05) is 11.6 Å². The van der Waals surface area contributed by atoms with Crippen LogP contribution in [0, 0.1) is 18.3 Å². The van der Waals surface area contributed by atoms with Crippen LogP contribution < -0.4 is 10.9 Å². The number of benzene rings is 1. The number of pyridine rings is 1. The SMILES string of the molecule is Cc1ccc2c(Nc3sn(C)c(=O)c3C#N)c(Cl)ccc2n1. The Morgan fingerprint density at radius 3 is 2.86 bits per heavy atom. The number of aromatic nitrogens is 2. The predicted molar refractivity (Wildman–Crippen MR) is 89.0 cm³/mol. The molecule has 3 aromatic rings. The quantitative estimate of drug-likeness (QED) is 0.779. The Labute approximate surface area is 135 Å². The summed E-state index contributed by atoms with van der Waals surface area (Å²) >= 11 is 7.45. The van der Waals surface area contributed by atoms with Crippen molar-refractivity contribution in [3.05, 3.63) is 50.9 Å². The Bertz CT molecular complexity index is 984. The van der Waals surface area contributed by atoms with Crippen LogP contribution >= 0.6 is 23.1 Å². The molecule has 0 saturated heterocycles. The number of rotatable bonds is 2. The summed E-state index contributed by atoms with van der Waals surface area (Å²) in [6, 6.07) is 9.34. The molecule has 0 atom stereocenters. The van der Waals surface area contributed by atoms with Gasteiger partial charge in [-0.3, -0.25) is 13.7 Å². The van der Waals surface area contributed by atoms with E-state index in [-0.39, 0.29) is 11.1 Å². The molecule has 0 spiro atoms. The topological polar surface area (TPSA) is 70.7 Å². The Kier molecular flexibility index (Phi) is 3.61. The van der Waals surface area contributed by atoms with Gasteiger partial charge < -0.3 is 5.32 Å². The number of halogens is 1. The molecule has 0 aliphatic carbocycles. The first-order valence-corrected chi connectivity index (χ1v) is 7.59. The van der Waals surface area contributed by atoms with E-state index in [2.05, 4.69) is 10.3 Å². The van der Waals surface area contributed by atoms with Crippen LogP contribution in [0.3, 0.4) is 0 Å². The molecule has 1 aromatic carbocycles. The summed E-state index contributed by atoms with van der Waals surface area (Å²) in [6.07, 6.45) is 0. The van der Waals surface area contributed by atoms with E-state index >= 15 is 0 Å². The molecule has 0 unspecified atom stereocenters. The van der Waals surface area contributed by atoms with Gasteiger partial charge in [-0.2, -0.15) is 5.26 Å². The molecule has 2 aromatic heterocycles. The summed E-state index contributed by atoms with van der Waals surface area (Å²) in [5.74, 6) is 0. The molecule has 5 nitrogen and oxygen atoms in total. The van der Waals surface area contributed by atoms with Gasteiger partial charge >= 0.3 is 0 Å². The van der Waals surface area contributed by atoms with Gasteiger partial charge in [0.05, 0.1) is 16.2 Å². The number of nitriles is 1. The van der Waals surface area contributed by atoms with Crippen molar-refractivity contribution in [1.29, 1.82) is 5.26 Å². The van der Waals surface area contributed by atoms with Crippen LogP contribution in [0.5, 0.6) is 0 Å². The van der Waals surface area contributed by atoms with Gasteiger partial charge in [-0.25, -0.2) is 0 Å². The van der Waals surface area contributed by atoms with Crippen molar-refractivity contribution in [2.24, 2.45) is 7.05 Å². The van der Waals surface area contributed by atoms with E-state index in [0.29, 0.717) is 15.7 Å². The van der Waals surface area contributed by atoms with E-state index in [1.165, 1.54) is 15.5 Å². The zero-order valence-corrected chi connectivity index (χ0v) is 13.4. The van der Waals surface area contributed by atoms with E-state index in [1.54, 1.807) is 13.1 Å². The molecular weight excluding hydrogens is 320 g/mol. The number of nitrogens with one attached hydrogen (secondary N) is 1. The monoisotopic (exact) mass is 330 g/mol. The summed E-state index contributed by atoms with van der Waals surface area (Å²) in [4.78, 5) is 16.3. The minimum absolute atomic E-state index is 0.0839. The molecule has 0 saturated carbocycles. The average Bonchev–Trinajstić information content (AvgIpc) is 2.76. The molecule has 0 bridgehead atoms. The molecule has 3 rings (SSSR count). The van der Waals surface area contributed by atoms with Crippen LogP contribution in [0.4, 0.5) is 10.7 Å². The molecule has 0 fully saturated rings. The summed E-state index contributed by atoms with van der Waals surface area (Å²) in [5.41, 5.74) is 2.11. The minimum Gasteiger partial charge on any atom is -0.343 e. The van der Waals surface area contributed by atoms with Gasteiger partial charge in [0.15, 0.2) is 5.56 Å². The van der Waals surface area contributed by atoms with Crippen molar-refractivity contribution in [2.75, 3.05) is 5.32 Å². The highest BCUT2D eigenvalue weighted by molar-refractivity contribution is 7.11. The fourth-order valence-electron chi connectivity index (χ4n) is 2.18. The van der Waals surface area contributed by atoms with Gasteiger partial charge in [0.2, 0.25) is 0 Å². The minimum atomic E-state index is -0.319. The lowest BCUT2D eigenvalue weighted by Crippen LogP contribution is -2.11. The van der Waals surface area contributed by atoms with Crippen molar-refractivity contribution in [3.63, 3.8) is 0 Å². The average molecular weight is 331 g/mol.